The zero-order valence-corrected chi connectivity index (χ0v) is 14.5. The summed E-state index contributed by atoms with van der Waals surface area (Å²) in [4.78, 5) is 26.8. The highest BCUT2D eigenvalue weighted by molar-refractivity contribution is 5.92. The van der Waals surface area contributed by atoms with Gasteiger partial charge in [-0.3, -0.25) is 9.78 Å². The van der Waals surface area contributed by atoms with Crippen LogP contribution in [0.25, 0.3) is 11.5 Å². The summed E-state index contributed by atoms with van der Waals surface area (Å²) >= 11 is 0. The summed E-state index contributed by atoms with van der Waals surface area (Å²) in [5, 5.41) is 4.04. The van der Waals surface area contributed by atoms with E-state index < -0.39 is 0 Å². The Morgan fingerprint density at radius 1 is 1.42 bits per heavy atom. The topological polar surface area (TPSA) is 98.2 Å². The number of likely N-dealkylation sites (tertiary alicyclic amines) is 1. The zero-order valence-electron chi connectivity index (χ0n) is 14.5. The molecule has 1 aliphatic heterocycles. The molecule has 0 radical (unpaired) electrons. The Labute approximate surface area is 150 Å². The van der Waals surface area contributed by atoms with Crippen LogP contribution >= 0.6 is 0 Å². The van der Waals surface area contributed by atoms with Crippen molar-refractivity contribution in [2.75, 3.05) is 13.1 Å². The van der Waals surface area contributed by atoms with Crippen LogP contribution in [-0.4, -0.2) is 44.0 Å². The van der Waals surface area contributed by atoms with E-state index in [1.54, 1.807) is 19.3 Å². The summed E-state index contributed by atoms with van der Waals surface area (Å²) in [6.45, 7) is 3.23. The maximum absolute atomic E-state index is 12.5. The van der Waals surface area contributed by atoms with Gasteiger partial charge in [0.2, 0.25) is 5.76 Å². The van der Waals surface area contributed by atoms with Gasteiger partial charge in [0.1, 0.15) is 0 Å². The van der Waals surface area contributed by atoms with Crippen molar-refractivity contribution in [3.05, 3.63) is 48.2 Å². The molecule has 3 aromatic heterocycles. The Kier molecular flexibility index (Phi) is 4.47. The third-order valence-electron chi connectivity index (χ3n) is 4.67. The largest absolute Gasteiger partial charge is 0.438 e. The van der Waals surface area contributed by atoms with Crippen molar-refractivity contribution in [1.29, 1.82) is 0 Å². The molecule has 4 rings (SSSR count). The highest BCUT2D eigenvalue weighted by Gasteiger charge is 2.29. The Bertz CT molecular complexity index is 889. The fourth-order valence-electron chi connectivity index (χ4n) is 3.20. The minimum absolute atomic E-state index is 0.0825. The lowest BCUT2D eigenvalue weighted by atomic mass is 10.0. The number of hydrogen-bond donors (Lipinski definition) is 0. The predicted molar refractivity (Wildman–Crippen MR) is 91.1 cm³/mol. The van der Waals surface area contributed by atoms with Crippen LogP contribution in [0.5, 0.6) is 0 Å². The Morgan fingerprint density at radius 3 is 3.12 bits per heavy atom. The van der Waals surface area contributed by atoms with Gasteiger partial charge in [-0.25, -0.2) is 4.98 Å². The lowest BCUT2D eigenvalue weighted by molar-refractivity contribution is 0.0754. The molecule has 1 unspecified atom stereocenters. The number of aryl methyl sites for hydroxylation is 2. The molecule has 1 amide bonds. The lowest BCUT2D eigenvalue weighted by Gasteiger charge is -2.14. The molecule has 8 nitrogen and oxygen atoms in total. The molecular weight excluding hydrogens is 334 g/mol. The van der Waals surface area contributed by atoms with Gasteiger partial charge in [0.05, 0.1) is 11.3 Å². The van der Waals surface area contributed by atoms with E-state index in [4.69, 9.17) is 8.94 Å². The highest BCUT2D eigenvalue weighted by Crippen LogP contribution is 2.24. The van der Waals surface area contributed by atoms with E-state index in [1.165, 1.54) is 6.39 Å². The molecule has 3 aromatic rings. The maximum atomic E-state index is 12.5. The van der Waals surface area contributed by atoms with Crippen molar-refractivity contribution in [1.82, 2.24) is 25.0 Å². The standard InChI is InChI=1S/C18H19N5O3/c1-12-16(25-11-20-12)18(24)23-8-6-13(10-23)4-5-15-21-17(26-22-15)14-3-2-7-19-9-14/h2-3,7,9,11,13H,4-6,8,10H2,1H3. The molecule has 1 aliphatic rings. The number of nitrogens with zero attached hydrogens (tertiary/aromatic N) is 5. The SMILES string of the molecule is Cc1ncoc1C(=O)N1CCC(CCc2noc(-c3cccnc3)n2)C1. The molecule has 134 valence electrons. The fourth-order valence-corrected chi connectivity index (χ4v) is 3.20. The van der Waals surface area contributed by atoms with Crippen LogP contribution in [0.2, 0.25) is 0 Å². The molecule has 26 heavy (non-hydrogen) atoms. The van der Waals surface area contributed by atoms with Gasteiger partial charge < -0.3 is 13.8 Å². The summed E-state index contributed by atoms with van der Waals surface area (Å²) in [7, 11) is 0. The first-order chi connectivity index (χ1) is 12.7. The molecule has 0 bridgehead atoms. The molecule has 1 saturated heterocycles. The predicted octanol–water partition coefficient (Wildman–Crippen LogP) is 2.52. The van der Waals surface area contributed by atoms with E-state index >= 15 is 0 Å². The number of carbonyl (C=O) groups is 1. The third kappa shape index (κ3) is 3.35. The van der Waals surface area contributed by atoms with E-state index in [2.05, 4.69) is 20.1 Å². The minimum atomic E-state index is -0.0825. The second-order valence-corrected chi connectivity index (χ2v) is 6.47. The van der Waals surface area contributed by atoms with Crippen molar-refractivity contribution in [3.8, 4) is 11.5 Å². The van der Waals surface area contributed by atoms with Gasteiger partial charge >= 0.3 is 0 Å². The monoisotopic (exact) mass is 353 g/mol. The van der Waals surface area contributed by atoms with Gasteiger partial charge in [0.25, 0.3) is 11.8 Å². The van der Waals surface area contributed by atoms with Crippen LogP contribution in [0.15, 0.2) is 39.9 Å². The number of oxazole rings is 1. The van der Waals surface area contributed by atoms with Crippen LogP contribution in [0.1, 0.15) is 34.9 Å². The van der Waals surface area contributed by atoms with E-state index in [0.717, 1.165) is 31.4 Å². The first-order valence-electron chi connectivity index (χ1n) is 8.63. The van der Waals surface area contributed by atoms with E-state index in [9.17, 15) is 4.79 Å². The molecule has 0 N–H and O–H groups in total. The normalized spacial score (nSPS) is 17.0. The molecule has 0 spiro atoms. The van der Waals surface area contributed by atoms with Gasteiger partial charge in [-0.15, -0.1) is 0 Å². The molecular formula is C18H19N5O3. The zero-order chi connectivity index (χ0) is 17.9. The lowest BCUT2D eigenvalue weighted by Crippen LogP contribution is -2.29. The Hall–Kier alpha value is -3.03. The summed E-state index contributed by atoms with van der Waals surface area (Å²) in [5.41, 5.74) is 1.44. The summed E-state index contributed by atoms with van der Waals surface area (Å²) < 4.78 is 10.5. The smallest absolute Gasteiger partial charge is 0.291 e. The van der Waals surface area contributed by atoms with E-state index in [-0.39, 0.29) is 5.91 Å². The molecule has 1 atom stereocenters. The minimum Gasteiger partial charge on any atom is -0.438 e. The van der Waals surface area contributed by atoms with Crippen LogP contribution in [0.3, 0.4) is 0 Å². The summed E-state index contributed by atoms with van der Waals surface area (Å²) in [6, 6.07) is 3.72. The molecule has 1 fully saturated rings. The molecule has 4 heterocycles. The average molecular weight is 353 g/mol. The first kappa shape index (κ1) is 16.4. The van der Waals surface area contributed by atoms with Crippen LogP contribution < -0.4 is 0 Å². The second-order valence-electron chi connectivity index (χ2n) is 6.47. The van der Waals surface area contributed by atoms with Crippen molar-refractivity contribution in [2.45, 2.75) is 26.2 Å². The summed E-state index contributed by atoms with van der Waals surface area (Å²) in [6.07, 6.45) is 7.30. The number of carbonyl (C=O) groups excluding carboxylic acids is 1. The van der Waals surface area contributed by atoms with E-state index in [0.29, 0.717) is 35.6 Å². The van der Waals surface area contributed by atoms with Crippen molar-refractivity contribution >= 4 is 5.91 Å². The van der Waals surface area contributed by atoms with Gasteiger partial charge in [-0.05, 0) is 37.8 Å². The first-order valence-corrected chi connectivity index (χ1v) is 8.63. The Morgan fingerprint density at radius 2 is 2.35 bits per heavy atom. The van der Waals surface area contributed by atoms with Gasteiger partial charge in [-0.2, -0.15) is 4.98 Å². The van der Waals surface area contributed by atoms with Crippen LogP contribution in [0.4, 0.5) is 0 Å². The third-order valence-corrected chi connectivity index (χ3v) is 4.67. The molecule has 0 aliphatic carbocycles. The van der Waals surface area contributed by atoms with Gasteiger partial charge in [0.15, 0.2) is 12.2 Å². The fraction of sp³-hybridized carbons (Fsp3) is 0.389. The molecule has 8 heteroatoms. The van der Waals surface area contributed by atoms with Crippen LogP contribution in [-0.2, 0) is 6.42 Å². The van der Waals surface area contributed by atoms with Crippen molar-refractivity contribution < 1.29 is 13.7 Å². The van der Waals surface area contributed by atoms with Gasteiger partial charge in [0, 0.05) is 31.9 Å². The maximum Gasteiger partial charge on any atom is 0.291 e. The number of hydrogen-bond acceptors (Lipinski definition) is 7. The number of amides is 1. The quantitative estimate of drug-likeness (QED) is 0.695. The number of aromatic nitrogens is 4. The van der Waals surface area contributed by atoms with E-state index in [1.807, 2.05) is 17.0 Å². The molecule has 0 aromatic carbocycles. The average Bonchev–Trinajstić information content (AvgIpc) is 3.41. The number of pyridine rings is 1. The molecule has 0 saturated carbocycles. The number of rotatable bonds is 5. The van der Waals surface area contributed by atoms with Crippen molar-refractivity contribution in [3.63, 3.8) is 0 Å². The Balaban J connectivity index is 1.32. The van der Waals surface area contributed by atoms with Gasteiger partial charge in [-0.1, -0.05) is 5.16 Å². The second kappa shape index (κ2) is 7.07. The highest BCUT2D eigenvalue weighted by atomic mass is 16.5. The van der Waals surface area contributed by atoms with Crippen molar-refractivity contribution in [2.24, 2.45) is 5.92 Å². The van der Waals surface area contributed by atoms with Crippen LogP contribution in [0, 0.1) is 12.8 Å². The summed E-state index contributed by atoms with van der Waals surface area (Å²) in [5.74, 6) is 1.84.